The highest BCUT2D eigenvalue weighted by Gasteiger charge is 2.12. The lowest BCUT2D eigenvalue weighted by atomic mass is 10.2. The molecule has 2 N–H and O–H groups in total. The second kappa shape index (κ2) is 6.51. The average molecular weight is 293 g/mol. The number of rotatable bonds is 5. The van der Waals surface area contributed by atoms with Gasteiger partial charge in [0.25, 0.3) is 0 Å². The molecule has 0 fully saturated rings. The van der Waals surface area contributed by atoms with Gasteiger partial charge in [0.2, 0.25) is 0 Å². The first kappa shape index (κ1) is 14.5. The molecule has 0 spiro atoms. The Bertz CT molecular complexity index is 577. The molecular formula is C13H19N5OS. The van der Waals surface area contributed by atoms with Crippen LogP contribution in [0.25, 0.3) is 0 Å². The van der Waals surface area contributed by atoms with Crippen LogP contribution in [0.4, 0.5) is 4.79 Å². The molecule has 0 aliphatic rings. The summed E-state index contributed by atoms with van der Waals surface area (Å²) in [4.78, 5) is 16.3. The van der Waals surface area contributed by atoms with Crippen LogP contribution >= 0.6 is 11.3 Å². The van der Waals surface area contributed by atoms with Gasteiger partial charge in [-0.15, -0.1) is 11.3 Å². The molecular weight excluding hydrogens is 274 g/mol. The van der Waals surface area contributed by atoms with E-state index in [9.17, 15) is 4.79 Å². The van der Waals surface area contributed by atoms with Crippen LogP contribution in [0.5, 0.6) is 0 Å². The molecule has 2 heterocycles. The standard InChI is InChI=1S/C13H19N5OS/c1-4-12-17-11(8-20-12)9(2)16-13(19)14-7-10-5-6-15-18(10)3/h5-6,8-9H,4,7H2,1-3H3,(H2,14,16,19)/t9-/m1/s1. The largest absolute Gasteiger partial charge is 0.333 e. The first-order chi connectivity index (χ1) is 9.60. The van der Waals surface area contributed by atoms with E-state index in [4.69, 9.17) is 0 Å². The number of hydrogen-bond acceptors (Lipinski definition) is 4. The van der Waals surface area contributed by atoms with Crippen LogP contribution < -0.4 is 10.6 Å². The number of hydrogen-bond donors (Lipinski definition) is 2. The summed E-state index contributed by atoms with van der Waals surface area (Å²) < 4.78 is 1.73. The first-order valence-corrected chi connectivity index (χ1v) is 7.43. The molecule has 0 aromatic carbocycles. The second-order valence-corrected chi connectivity index (χ2v) is 5.46. The minimum absolute atomic E-state index is 0.0990. The molecule has 2 rings (SSSR count). The van der Waals surface area contributed by atoms with Crippen molar-refractivity contribution in [3.05, 3.63) is 34.0 Å². The normalized spacial score (nSPS) is 12.2. The van der Waals surface area contributed by atoms with Crippen molar-refractivity contribution in [2.24, 2.45) is 7.05 Å². The summed E-state index contributed by atoms with van der Waals surface area (Å²) in [6, 6.07) is 1.57. The number of carbonyl (C=O) groups is 1. The van der Waals surface area contributed by atoms with Crippen LogP contribution in [0.1, 0.15) is 36.3 Å². The Labute approximate surface area is 122 Å². The molecule has 0 aliphatic heterocycles. The molecule has 20 heavy (non-hydrogen) atoms. The Morgan fingerprint density at radius 3 is 2.95 bits per heavy atom. The van der Waals surface area contributed by atoms with Crippen LogP contribution in [0, 0.1) is 0 Å². The zero-order chi connectivity index (χ0) is 14.5. The molecule has 2 aromatic rings. The van der Waals surface area contributed by atoms with E-state index in [0.29, 0.717) is 6.54 Å². The van der Waals surface area contributed by atoms with Crippen molar-refractivity contribution in [2.75, 3.05) is 0 Å². The number of thiazole rings is 1. The van der Waals surface area contributed by atoms with Gasteiger partial charge in [-0.2, -0.15) is 5.10 Å². The predicted molar refractivity (Wildman–Crippen MR) is 78.5 cm³/mol. The fourth-order valence-corrected chi connectivity index (χ4v) is 2.59. The molecule has 2 aromatic heterocycles. The molecule has 0 unspecified atom stereocenters. The molecule has 0 bridgehead atoms. The van der Waals surface area contributed by atoms with Gasteiger partial charge in [0, 0.05) is 18.6 Å². The van der Waals surface area contributed by atoms with Crippen molar-refractivity contribution in [1.82, 2.24) is 25.4 Å². The van der Waals surface area contributed by atoms with Crippen molar-refractivity contribution < 1.29 is 4.79 Å². The van der Waals surface area contributed by atoms with Crippen molar-refractivity contribution >= 4 is 17.4 Å². The Morgan fingerprint density at radius 1 is 1.55 bits per heavy atom. The van der Waals surface area contributed by atoms with Crippen LogP contribution in [0.2, 0.25) is 0 Å². The van der Waals surface area contributed by atoms with E-state index < -0.39 is 0 Å². The highest BCUT2D eigenvalue weighted by Crippen LogP contribution is 2.16. The number of amides is 2. The number of carbonyl (C=O) groups excluding carboxylic acids is 1. The summed E-state index contributed by atoms with van der Waals surface area (Å²) in [5, 5.41) is 12.8. The summed E-state index contributed by atoms with van der Waals surface area (Å²) in [6.07, 6.45) is 2.63. The Kier molecular flexibility index (Phi) is 4.73. The van der Waals surface area contributed by atoms with Crippen LogP contribution in [0.3, 0.4) is 0 Å². The third kappa shape index (κ3) is 3.57. The molecule has 0 saturated heterocycles. The predicted octanol–water partition coefficient (Wildman–Crippen LogP) is 2.00. The topological polar surface area (TPSA) is 71.8 Å². The van der Waals surface area contributed by atoms with E-state index in [-0.39, 0.29) is 12.1 Å². The Morgan fingerprint density at radius 2 is 2.35 bits per heavy atom. The van der Waals surface area contributed by atoms with Gasteiger partial charge in [-0.25, -0.2) is 9.78 Å². The van der Waals surface area contributed by atoms with Gasteiger partial charge in [0.15, 0.2) is 0 Å². The van der Waals surface area contributed by atoms with Gasteiger partial charge < -0.3 is 10.6 Å². The Balaban J connectivity index is 1.83. The second-order valence-electron chi connectivity index (χ2n) is 4.51. The van der Waals surface area contributed by atoms with Gasteiger partial charge in [0.1, 0.15) is 0 Å². The number of aryl methyl sites for hydroxylation is 2. The van der Waals surface area contributed by atoms with Crippen molar-refractivity contribution in [3.8, 4) is 0 Å². The number of aromatic nitrogens is 3. The van der Waals surface area contributed by atoms with Crippen LogP contribution in [-0.4, -0.2) is 20.8 Å². The first-order valence-electron chi connectivity index (χ1n) is 6.55. The van der Waals surface area contributed by atoms with Crippen molar-refractivity contribution in [1.29, 1.82) is 0 Å². The monoisotopic (exact) mass is 293 g/mol. The molecule has 7 heteroatoms. The molecule has 2 amide bonds. The maximum atomic E-state index is 11.8. The fraction of sp³-hybridized carbons (Fsp3) is 0.462. The van der Waals surface area contributed by atoms with E-state index in [1.807, 2.05) is 25.4 Å². The van der Waals surface area contributed by atoms with Gasteiger partial charge in [-0.3, -0.25) is 4.68 Å². The number of nitrogens with one attached hydrogen (secondary N) is 2. The Hall–Kier alpha value is -1.89. The van der Waals surface area contributed by atoms with Crippen LogP contribution in [-0.2, 0) is 20.0 Å². The lowest BCUT2D eigenvalue weighted by Crippen LogP contribution is -2.37. The quantitative estimate of drug-likeness (QED) is 0.885. The number of nitrogens with zero attached hydrogens (tertiary/aromatic N) is 3. The third-order valence-corrected chi connectivity index (χ3v) is 4.03. The van der Waals surface area contributed by atoms with Gasteiger partial charge in [-0.05, 0) is 19.4 Å². The van der Waals surface area contributed by atoms with E-state index in [1.165, 1.54) is 0 Å². The summed E-state index contributed by atoms with van der Waals surface area (Å²) in [6.45, 7) is 4.45. The lowest BCUT2D eigenvalue weighted by Gasteiger charge is -2.12. The van der Waals surface area contributed by atoms with Gasteiger partial charge in [0.05, 0.1) is 29.0 Å². The maximum Gasteiger partial charge on any atom is 0.315 e. The lowest BCUT2D eigenvalue weighted by molar-refractivity contribution is 0.237. The van der Waals surface area contributed by atoms with E-state index in [1.54, 1.807) is 22.2 Å². The molecule has 0 radical (unpaired) electrons. The van der Waals surface area contributed by atoms with E-state index in [2.05, 4.69) is 27.6 Å². The van der Waals surface area contributed by atoms with E-state index in [0.717, 1.165) is 22.8 Å². The SMILES string of the molecule is CCc1nc([C@@H](C)NC(=O)NCc2ccnn2C)cs1. The maximum absolute atomic E-state index is 11.8. The van der Waals surface area contributed by atoms with Gasteiger partial charge in [-0.1, -0.05) is 6.92 Å². The van der Waals surface area contributed by atoms with Crippen molar-refractivity contribution in [3.63, 3.8) is 0 Å². The third-order valence-electron chi connectivity index (χ3n) is 3.02. The summed E-state index contributed by atoms with van der Waals surface area (Å²) in [7, 11) is 1.85. The minimum atomic E-state index is -0.204. The van der Waals surface area contributed by atoms with Crippen LogP contribution in [0.15, 0.2) is 17.6 Å². The summed E-state index contributed by atoms with van der Waals surface area (Å²) >= 11 is 1.62. The van der Waals surface area contributed by atoms with Gasteiger partial charge >= 0.3 is 6.03 Å². The van der Waals surface area contributed by atoms with Crippen molar-refractivity contribution in [2.45, 2.75) is 32.9 Å². The molecule has 0 aliphatic carbocycles. The number of urea groups is 1. The average Bonchev–Trinajstić information content (AvgIpc) is 3.05. The summed E-state index contributed by atoms with van der Waals surface area (Å²) in [5.74, 6) is 0. The zero-order valence-corrected chi connectivity index (χ0v) is 12.7. The highest BCUT2D eigenvalue weighted by atomic mass is 32.1. The highest BCUT2D eigenvalue weighted by molar-refractivity contribution is 7.09. The minimum Gasteiger partial charge on any atom is -0.333 e. The fourth-order valence-electron chi connectivity index (χ4n) is 1.75. The molecule has 1 atom stereocenters. The zero-order valence-electron chi connectivity index (χ0n) is 11.9. The molecule has 108 valence electrons. The summed E-state index contributed by atoms with van der Waals surface area (Å²) in [5.41, 5.74) is 1.86. The molecule has 6 nitrogen and oxygen atoms in total. The molecule has 0 saturated carbocycles. The van der Waals surface area contributed by atoms with E-state index >= 15 is 0 Å². The smallest absolute Gasteiger partial charge is 0.315 e.